The van der Waals surface area contributed by atoms with Gasteiger partial charge in [-0.1, -0.05) is 23.7 Å². The largest absolute Gasteiger partial charge is 0.507 e. The van der Waals surface area contributed by atoms with Gasteiger partial charge in [0, 0.05) is 11.6 Å². The van der Waals surface area contributed by atoms with Gasteiger partial charge in [-0.05, 0) is 23.8 Å². The number of hydrogen-bond acceptors (Lipinski definition) is 4. The predicted octanol–water partition coefficient (Wildman–Crippen LogP) is 3.09. The quantitative estimate of drug-likeness (QED) is 0.850. The minimum absolute atomic E-state index is 0.0816. The minimum atomic E-state index is -0.668. The first-order chi connectivity index (χ1) is 9.56. The molecule has 0 aliphatic rings. The fraction of sp³-hybridized carbons (Fsp3) is 0.133. The molecular formula is C15H13ClO4. The number of phenolic OH excluding ortho intramolecular Hbond substituents is 2. The van der Waals surface area contributed by atoms with Gasteiger partial charge in [-0.25, -0.2) is 0 Å². The van der Waals surface area contributed by atoms with Crippen LogP contribution in [0.3, 0.4) is 0 Å². The third-order valence-electron chi connectivity index (χ3n) is 3.04. The molecule has 2 N–H and O–H groups in total. The molecule has 2 aromatic rings. The fourth-order valence-electron chi connectivity index (χ4n) is 1.96. The maximum Gasteiger partial charge on any atom is 0.137 e. The molecule has 0 amide bonds. The topological polar surface area (TPSA) is 66.8 Å². The lowest BCUT2D eigenvalue weighted by Crippen LogP contribution is -2.03. The zero-order valence-corrected chi connectivity index (χ0v) is 11.5. The minimum Gasteiger partial charge on any atom is -0.507 e. The molecule has 0 fully saturated rings. The van der Waals surface area contributed by atoms with Gasteiger partial charge in [-0.15, -0.1) is 0 Å². The van der Waals surface area contributed by atoms with Crippen molar-refractivity contribution >= 4 is 17.9 Å². The molecule has 1 unspecified atom stereocenters. The number of ether oxygens (including phenoxy) is 1. The van der Waals surface area contributed by atoms with E-state index in [1.807, 2.05) is 0 Å². The average Bonchev–Trinajstić information content (AvgIpc) is 2.46. The van der Waals surface area contributed by atoms with Crippen LogP contribution in [0.5, 0.6) is 17.2 Å². The lowest BCUT2D eigenvalue weighted by atomic mass is 9.92. The second-order valence-electron chi connectivity index (χ2n) is 4.25. The van der Waals surface area contributed by atoms with Gasteiger partial charge < -0.3 is 19.7 Å². The van der Waals surface area contributed by atoms with Crippen molar-refractivity contribution in [3.05, 3.63) is 52.5 Å². The highest BCUT2D eigenvalue weighted by Crippen LogP contribution is 2.37. The number of halogens is 1. The monoisotopic (exact) mass is 292 g/mol. The number of carbonyl (C=O) groups is 1. The van der Waals surface area contributed by atoms with Gasteiger partial charge in [0.05, 0.1) is 18.1 Å². The fourth-order valence-corrected chi connectivity index (χ4v) is 2.13. The number of hydrogen-bond donors (Lipinski definition) is 2. The van der Waals surface area contributed by atoms with E-state index in [2.05, 4.69) is 0 Å². The van der Waals surface area contributed by atoms with E-state index in [0.29, 0.717) is 23.2 Å². The summed E-state index contributed by atoms with van der Waals surface area (Å²) >= 11 is 5.82. The Morgan fingerprint density at radius 3 is 2.35 bits per heavy atom. The average molecular weight is 293 g/mol. The van der Waals surface area contributed by atoms with Crippen LogP contribution in [0.15, 0.2) is 36.4 Å². The molecule has 0 aliphatic heterocycles. The highest BCUT2D eigenvalue weighted by atomic mass is 35.5. The Morgan fingerprint density at radius 2 is 1.80 bits per heavy atom. The standard InChI is InChI=1S/C15H13ClO4/c1-20-10-4-2-9(3-5-10)12(8-17)11-6-13(16)15(19)7-14(11)18/h2-8,12,18-19H,1H3. The van der Waals surface area contributed by atoms with Crippen molar-refractivity contribution in [2.75, 3.05) is 7.11 Å². The first-order valence-corrected chi connectivity index (χ1v) is 6.25. The van der Waals surface area contributed by atoms with E-state index in [1.165, 1.54) is 6.07 Å². The van der Waals surface area contributed by atoms with Crippen LogP contribution in [-0.2, 0) is 4.79 Å². The Hall–Kier alpha value is -2.20. The highest BCUT2D eigenvalue weighted by molar-refractivity contribution is 6.32. The predicted molar refractivity (Wildman–Crippen MR) is 75.7 cm³/mol. The smallest absolute Gasteiger partial charge is 0.137 e. The molecule has 0 heterocycles. The summed E-state index contributed by atoms with van der Waals surface area (Å²) in [6.45, 7) is 0. The number of rotatable bonds is 4. The molecule has 0 aliphatic carbocycles. The van der Waals surface area contributed by atoms with E-state index in [1.54, 1.807) is 31.4 Å². The van der Waals surface area contributed by atoms with Gasteiger partial charge in [-0.3, -0.25) is 0 Å². The van der Waals surface area contributed by atoms with E-state index >= 15 is 0 Å². The Labute approximate surface area is 121 Å². The van der Waals surface area contributed by atoms with Crippen molar-refractivity contribution < 1.29 is 19.7 Å². The van der Waals surface area contributed by atoms with Crippen LogP contribution in [0.1, 0.15) is 17.0 Å². The van der Waals surface area contributed by atoms with Crippen LogP contribution >= 0.6 is 11.6 Å². The molecule has 0 bridgehead atoms. The van der Waals surface area contributed by atoms with Crippen molar-refractivity contribution in [1.82, 2.24) is 0 Å². The Balaban J connectivity index is 2.46. The Morgan fingerprint density at radius 1 is 1.15 bits per heavy atom. The molecule has 5 heteroatoms. The number of phenols is 2. The molecule has 104 valence electrons. The van der Waals surface area contributed by atoms with Gasteiger partial charge in [0.2, 0.25) is 0 Å². The Bertz CT molecular complexity index is 623. The maximum absolute atomic E-state index is 11.4. The van der Waals surface area contributed by atoms with Crippen molar-refractivity contribution in [1.29, 1.82) is 0 Å². The third kappa shape index (κ3) is 2.70. The molecule has 2 aromatic carbocycles. The molecular weight excluding hydrogens is 280 g/mol. The van der Waals surface area contributed by atoms with Gasteiger partial charge in [-0.2, -0.15) is 0 Å². The summed E-state index contributed by atoms with van der Waals surface area (Å²) in [6.07, 6.45) is 0.713. The van der Waals surface area contributed by atoms with Crippen molar-refractivity contribution in [3.8, 4) is 17.2 Å². The van der Waals surface area contributed by atoms with Gasteiger partial charge in [0.1, 0.15) is 23.5 Å². The van der Waals surface area contributed by atoms with Crippen LogP contribution in [-0.4, -0.2) is 23.6 Å². The lowest BCUT2D eigenvalue weighted by Gasteiger charge is -2.14. The first-order valence-electron chi connectivity index (χ1n) is 5.87. The molecule has 0 aromatic heterocycles. The second-order valence-corrected chi connectivity index (χ2v) is 4.66. The van der Waals surface area contributed by atoms with Crippen LogP contribution in [0.25, 0.3) is 0 Å². The Kier molecular flexibility index (Phi) is 4.15. The van der Waals surface area contributed by atoms with Crippen LogP contribution in [0.2, 0.25) is 5.02 Å². The summed E-state index contributed by atoms with van der Waals surface area (Å²) in [5.41, 5.74) is 1.03. The normalized spacial score (nSPS) is 11.9. The van der Waals surface area contributed by atoms with Crippen molar-refractivity contribution in [3.63, 3.8) is 0 Å². The molecule has 1 atom stereocenters. The lowest BCUT2D eigenvalue weighted by molar-refractivity contribution is -0.108. The summed E-state index contributed by atoms with van der Waals surface area (Å²) in [5.74, 6) is -0.405. The molecule has 2 rings (SSSR count). The van der Waals surface area contributed by atoms with Gasteiger partial charge in [0.25, 0.3) is 0 Å². The van der Waals surface area contributed by atoms with Crippen LogP contribution in [0.4, 0.5) is 0 Å². The van der Waals surface area contributed by atoms with Gasteiger partial charge >= 0.3 is 0 Å². The highest BCUT2D eigenvalue weighted by Gasteiger charge is 2.19. The van der Waals surface area contributed by atoms with E-state index in [9.17, 15) is 15.0 Å². The molecule has 0 radical (unpaired) electrons. The number of aldehydes is 1. The summed E-state index contributed by atoms with van der Waals surface area (Å²) in [6, 6.07) is 9.43. The van der Waals surface area contributed by atoms with Crippen molar-refractivity contribution in [2.45, 2.75) is 5.92 Å². The van der Waals surface area contributed by atoms with Crippen molar-refractivity contribution in [2.24, 2.45) is 0 Å². The van der Waals surface area contributed by atoms with E-state index < -0.39 is 5.92 Å². The SMILES string of the molecule is COc1ccc(C(C=O)c2cc(Cl)c(O)cc2O)cc1. The molecule has 0 saturated carbocycles. The number of benzene rings is 2. The van der Waals surface area contributed by atoms with E-state index in [4.69, 9.17) is 16.3 Å². The summed E-state index contributed by atoms with van der Waals surface area (Å²) in [4.78, 5) is 11.4. The maximum atomic E-state index is 11.4. The number of aromatic hydroxyl groups is 2. The van der Waals surface area contributed by atoms with E-state index in [0.717, 1.165) is 6.07 Å². The summed E-state index contributed by atoms with van der Waals surface area (Å²) in [7, 11) is 1.55. The van der Waals surface area contributed by atoms with Crippen LogP contribution < -0.4 is 4.74 Å². The summed E-state index contributed by atoms with van der Waals surface area (Å²) in [5, 5.41) is 19.4. The number of methoxy groups -OCH3 is 1. The zero-order chi connectivity index (χ0) is 14.7. The molecule has 0 spiro atoms. The van der Waals surface area contributed by atoms with E-state index in [-0.39, 0.29) is 16.5 Å². The van der Waals surface area contributed by atoms with Crippen LogP contribution in [0, 0.1) is 0 Å². The molecule has 20 heavy (non-hydrogen) atoms. The third-order valence-corrected chi connectivity index (χ3v) is 3.34. The molecule has 4 nitrogen and oxygen atoms in total. The number of carbonyl (C=O) groups excluding carboxylic acids is 1. The summed E-state index contributed by atoms with van der Waals surface area (Å²) < 4.78 is 5.05. The molecule has 0 saturated heterocycles. The second kappa shape index (κ2) is 5.84. The zero-order valence-electron chi connectivity index (χ0n) is 10.7. The van der Waals surface area contributed by atoms with Gasteiger partial charge in [0.15, 0.2) is 0 Å². The first kappa shape index (κ1) is 14.2.